The van der Waals surface area contributed by atoms with E-state index in [1.54, 1.807) is 0 Å². The predicted molar refractivity (Wildman–Crippen MR) is 152 cm³/mol. The van der Waals surface area contributed by atoms with E-state index in [-0.39, 0.29) is 10.8 Å². The Kier molecular flexibility index (Phi) is 10.7. The van der Waals surface area contributed by atoms with Crippen LogP contribution in [0.25, 0.3) is 0 Å². The second-order valence-electron chi connectivity index (χ2n) is 12.8. The number of unbranched alkanes of at least 4 members (excludes halogenated alkanes) is 8. The van der Waals surface area contributed by atoms with Gasteiger partial charge in [-0.2, -0.15) is 0 Å². The van der Waals surface area contributed by atoms with Crippen molar-refractivity contribution in [1.82, 2.24) is 0 Å². The maximum Gasteiger partial charge on any atom is 0.122 e. The molecule has 0 unspecified atom stereocenters. The monoisotopic (exact) mass is 480 g/mol. The van der Waals surface area contributed by atoms with E-state index in [4.69, 9.17) is 0 Å². The summed E-state index contributed by atoms with van der Waals surface area (Å²) in [4.78, 5) is 0. The maximum absolute atomic E-state index is 10.4. The number of aromatic hydroxyl groups is 2. The molecule has 0 saturated carbocycles. The molecule has 0 heterocycles. The number of phenols is 2. The van der Waals surface area contributed by atoms with Crippen LogP contribution in [0.3, 0.4) is 0 Å². The van der Waals surface area contributed by atoms with Gasteiger partial charge in [0.2, 0.25) is 0 Å². The molecule has 0 aromatic heterocycles. The summed E-state index contributed by atoms with van der Waals surface area (Å²) < 4.78 is 0. The van der Waals surface area contributed by atoms with Gasteiger partial charge in [0.1, 0.15) is 11.5 Å². The highest BCUT2D eigenvalue weighted by Crippen LogP contribution is 2.35. The summed E-state index contributed by atoms with van der Waals surface area (Å²) in [6.07, 6.45) is 13.9. The van der Waals surface area contributed by atoms with Gasteiger partial charge >= 0.3 is 0 Å². The molecule has 0 spiro atoms. The molecule has 0 atom stereocenters. The normalized spacial score (nSPS) is 12.3. The molecular weight excluding hydrogens is 428 g/mol. The van der Waals surface area contributed by atoms with Crippen molar-refractivity contribution >= 4 is 0 Å². The largest absolute Gasteiger partial charge is 0.507 e. The Bertz CT molecular complexity index is 864. The molecule has 0 radical (unpaired) electrons. The van der Waals surface area contributed by atoms with E-state index in [0.717, 1.165) is 35.1 Å². The Morgan fingerprint density at radius 3 is 1.06 bits per heavy atom. The average Bonchev–Trinajstić information content (AvgIpc) is 2.74. The van der Waals surface area contributed by atoms with E-state index in [1.807, 2.05) is 13.8 Å². The molecule has 2 nitrogen and oxygen atoms in total. The van der Waals surface area contributed by atoms with E-state index in [2.05, 4.69) is 65.8 Å². The fraction of sp³-hybridized carbons (Fsp3) is 0.636. The van der Waals surface area contributed by atoms with Crippen molar-refractivity contribution in [3.63, 3.8) is 0 Å². The standard InChI is InChI=1S/C33H52O2/c1-24-20-26(22-28(30(24)34)32(3,4)5)18-16-14-12-10-9-11-13-15-17-19-27-21-25(2)31(35)29(23-27)33(6,7)8/h20-23,34-35H,9-19H2,1-8H3. The van der Waals surface area contributed by atoms with Crippen molar-refractivity contribution in [2.75, 3.05) is 0 Å². The Balaban J connectivity index is 1.60. The van der Waals surface area contributed by atoms with E-state index >= 15 is 0 Å². The number of hydrogen-bond donors (Lipinski definition) is 2. The molecule has 2 aromatic carbocycles. The molecule has 2 N–H and O–H groups in total. The van der Waals surface area contributed by atoms with Gasteiger partial charge in [-0.3, -0.25) is 0 Å². The SMILES string of the molecule is Cc1cc(CCCCCCCCCCCc2cc(C)c(O)c(C(C)(C)C)c2)cc(C(C)(C)C)c1O. The first-order valence-electron chi connectivity index (χ1n) is 14.0. The summed E-state index contributed by atoms with van der Waals surface area (Å²) in [7, 11) is 0. The molecule has 0 bridgehead atoms. The molecule has 2 heteroatoms. The summed E-state index contributed by atoms with van der Waals surface area (Å²) in [6, 6.07) is 8.75. The molecule has 0 aliphatic rings. The molecule has 0 amide bonds. The second-order valence-corrected chi connectivity index (χ2v) is 12.8. The van der Waals surface area contributed by atoms with Crippen molar-refractivity contribution < 1.29 is 10.2 Å². The molecule has 2 rings (SSSR count). The van der Waals surface area contributed by atoms with Gasteiger partial charge in [-0.05, 0) is 83.7 Å². The molecule has 35 heavy (non-hydrogen) atoms. The highest BCUT2D eigenvalue weighted by Gasteiger charge is 2.21. The number of rotatable bonds is 12. The minimum absolute atomic E-state index is 0.0246. The van der Waals surface area contributed by atoms with Gasteiger partial charge in [0, 0.05) is 0 Å². The number of phenolic OH excluding ortho intramolecular Hbond substituents is 2. The topological polar surface area (TPSA) is 40.5 Å². The van der Waals surface area contributed by atoms with Crippen LogP contribution in [0.2, 0.25) is 0 Å². The number of hydrogen-bond acceptors (Lipinski definition) is 2. The van der Waals surface area contributed by atoms with Crippen LogP contribution in [0.15, 0.2) is 24.3 Å². The van der Waals surface area contributed by atoms with Crippen LogP contribution in [-0.4, -0.2) is 10.2 Å². The first kappa shape index (κ1) is 29.3. The summed E-state index contributed by atoms with van der Waals surface area (Å²) >= 11 is 0. The molecule has 0 aliphatic carbocycles. The van der Waals surface area contributed by atoms with Crippen LogP contribution in [0, 0.1) is 13.8 Å². The van der Waals surface area contributed by atoms with Gasteiger partial charge < -0.3 is 10.2 Å². The van der Waals surface area contributed by atoms with Crippen molar-refractivity contribution in [3.05, 3.63) is 57.6 Å². The fourth-order valence-electron chi connectivity index (χ4n) is 5.04. The molecule has 2 aromatic rings. The van der Waals surface area contributed by atoms with Gasteiger partial charge in [0.15, 0.2) is 0 Å². The zero-order valence-electron chi connectivity index (χ0n) is 24.0. The second kappa shape index (κ2) is 12.8. The Morgan fingerprint density at radius 2 is 0.771 bits per heavy atom. The molecular formula is C33H52O2. The lowest BCUT2D eigenvalue weighted by molar-refractivity contribution is 0.441. The Morgan fingerprint density at radius 1 is 0.486 bits per heavy atom. The number of aryl methyl sites for hydroxylation is 4. The van der Waals surface area contributed by atoms with Crippen LogP contribution >= 0.6 is 0 Å². The first-order chi connectivity index (χ1) is 16.3. The van der Waals surface area contributed by atoms with Crippen molar-refractivity contribution in [2.24, 2.45) is 0 Å². The lowest BCUT2D eigenvalue weighted by atomic mass is 9.83. The average molecular weight is 481 g/mol. The molecule has 0 fully saturated rings. The summed E-state index contributed by atoms with van der Waals surface area (Å²) in [6.45, 7) is 17.0. The number of benzene rings is 2. The summed E-state index contributed by atoms with van der Waals surface area (Å²) in [5, 5.41) is 20.8. The zero-order valence-corrected chi connectivity index (χ0v) is 24.0. The fourth-order valence-corrected chi connectivity index (χ4v) is 5.04. The smallest absolute Gasteiger partial charge is 0.122 e. The van der Waals surface area contributed by atoms with Crippen molar-refractivity contribution in [2.45, 2.75) is 137 Å². The Labute approximate surface area is 216 Å². The molecule has 0 saturated heterocycles. The molecule has 0 aliphatic heterocycles. The van der Waals surface area contributed by atoms with Crippen LogP contribution in [0.1, 0.15) is 133 Å². The minimum atomic E-state index is -0.0246. The van der Waals surface area contributed by atoms with E-state index in [0.29, 0.717) is 11.5 Å². The van der Waals surface area contributed by atoms with E-state index < -0.39 is 0 Å². The predicted octanol–water partition coefficient (Wildman–Crippen LogP) is 9.61. The van der Waals surface area contributed by atoms with Crippen LogP contribution in [-0.2, 0) is 23.7 Å². The van der Waals surface area contributed by atoms with Crippen molar-refractivity contribution in [3.8, 4) is 11.5 Å². The Hall–Kier alpha value is -1.96. The van der Waals surface area contributed by atoms with Gasteiger partial charge in [0.25, 0.3) is 0 Å². The van der Waals surface area contributed by atoms with Crippen LogP contribution < -0.4 is 0 Å². The van der Waals surface area contributed by atoms with E-state index in [9.17, 15) is 10.2 Å². The third kappa shape index (κ3) is 9.21. The highest BCUT2D eigenvalue weighted by atomic mass is 16.3. The summed E-state index contributed by atoms with van der Waals surface area (Å²) in [5.41, 5.74) is 6.83. The maximum atomic E-state index is 10.4. The third-order valence-corrected chi connectivity index (χ3v) is 7.27. The lowest BCUT2D eigenvalue weighted by Gasteiger charge is -2.22. The third-order valence-electron chi connectivity index (χ3n) is 7.27. The van der Waals surface area contributed by atoms with Crippen LogP contribution in [0.5, 0.6) is 11.5 Å². The van der Waals surface area contributed by atoms with E-state index in [1.165, 1.54) is 68.9 Å². The van der Waals surface area contributed by atoms with Gasteiger partial charge in [-0.15, -0.1) is 0 Å². The van der Waals surface area contributed by atoms with Gasteiger partial charge in [0.05, 0.1) is 0 Å². The van der Waals surface area contributed by atoms with Crippen LogP contribution in [0.4, 0.5) is 0 Å². The van der Waals surface area contributed by atoms with Gasteiger partial charge in [-0.1, -0.05) is 111 Å². The first-order valence-corrected chi connectivity index (χ1v) is 14.0. The van der Waals surface area contributed by atoms with Gasteiger partial charge in [-0.25, -0.2) is 0 Å². The zero-order chi connectivity index (χ0) is 26.2. The molecule has 196 valence electrons. The quantitative estimate of drug-likeness (QED) is 0.297. The lowest BCUT2D eigenvalue weighted by Crippen LogP contribution is -2.12. The summed E-state index contributed by atoms with van der Waals surface area (Å²) in [5.74, 6) is 0.933. The van der Waals surface area contributed by atoms with Crippen molar-refractivity contribution in [1.29, 1.82) is 0 Å². The minimum Gasteiger partial charge on any atom is -0.507 e. The highest BCUT2D eigenvalue weighted by molar-refractivity contribution is 5.47.